The van der Waals surface area contributed by atoms with Gasteiger partial charge in [-0.25, -0.2) is 0 Å². The molecule has 0 amide bonds. The van der Waals surface area contributed by atoms with Crippen molar-refractivity contribution >= 4 is 5.69 Å². The highest BCUT2D eigenvalue weighted by Crippen LogP contribution is 2.40. The molecule has 2 N–H and O–H groups in total. The molecule has 0 aromatic heterocycles. The number of unbranched alkanes of at least 4 members (excludes halogenated alkanes) is 3. The molecule has 0 heterocycles. The SMILES string of the molecule is CCCCCCC(c1ccc(N)cc1)C1CCCC1. The number of nitrogens with two attached hydrogens (primary N) is 1. The van der Waals surface area contributed by atoms with E-state index in [-0.39, 0.29) is 0 Å². The molecular weight excluding hydrogens is 230 g/mol. The van der Waals surface area contributed by atoms with Crippen LogP contribution in [0.3, 0.4) is 0 Å². The van der Waals surface area contributed by atoms with E-state index in [0.717, 1.165) is 17.5 Å². The lowest BCUT2D eigenvalue weighted by Gasteiger charge is -2.24. The van der Waals surface area contributed by atoms with Gasteiger partial charge in [0.2, 0.25) is 0 Å². The normalized spacial score (nSPS) is 17.7. The first kappa shape index (κ1) is 14.4. The standard InChI is InChI=1S/C18H29N/c1-2-3-4-5-10-18(15-8-6-7-9-15)16-11-13-17(19)14-12-16/h11-15,18H,2-10,19H2,1H3. The summed E-state index contributed by atoms with van der Waals surface area (Å²) in [5, 5.41) is 0. The molecule has 1 aliphatic rings. The minimum atomic E-state index is 0.778. The van der Waals surface area contributed by atoms with Crippen molar-refractivity contribution in [2.45, 2.75) is 70.6 Å². The predicted molar refractivity (Wildman–Crippen MR) is 84.3 cm³/mol. The number of hydrogen-bond donors (Lipinski definition) is 1. The van der Waals surface area contributed by atoms with E-state index in [9.17, 15) is 0 Å². The monoisotopic (exact) mass is 259 g/mol. The molecule has 1 fully saturated rings. The van der Waals surface area contributed by atoms with Crippen LogP contribution in [0.4, 0.5) is 5.69 Å². The molecule has 0 saturated heterocycles. The molecule has 0 spiro atoms. The fourth-order valence-corrected chi connectivity index (χ4v) is 3.57. The molecule has 1 aromatic carbocycles. The van der Waals surface area contributed by atoms with Gasteiger partial charge in [0.15, 0.2) is 0 Å². The summed E-state index contributed by atoms with van der Waals surface area (Å²) in [6.07, 6.45) is 12.6. The fourth-order valence-electron chi connectivity index (χ4n) is 3.57. The van der Waals surface area contributed by atoms with E-state index in [2.05, 4.69) is 31.2 Å². The molecule has 1 aliphatic carbocycles. The molecule has 1 nitrogen and oxygen atoms in total. The minimum Gasteiger partial charge on any atom is -0.399 e. The topological polar surface area (TPSA) is 26.0 Å². The number of anilines is 1. The summed E-state index contributed by atoms with van der Waals surface area (Å²) in [6.45, 7) is 2.29. The predicted octanol–water partition coefficient (Wildman–Crippen LogP) is 5.51. The average Bonchev–Trinajstić information content (AvgIpc) is 2.94. The van der Waals surface area contributed by atoms with Crippen LogP contribution in [0.15, 0.2) is 24.3 Å². The van der Waals surface area contributed by atoms with Gasteiger partial charge in [-0.15, -0.1) is 0 Å². The van der Waals surface area contributed by atoms with Crippen LogP contribution in [0.5, 0.6) is 0 Å². The van der Waals surface area contributed by atoms with Crippen molar-refractivity contribution in [2.24, 2.45) is 5.92 Å². The van der Waals surface area contributed by atoms with Crippen molar-refractivity contribution in [3.63, 3.8) is 0 Å². The van der Waals surface area contributed by atoms with Gasteiger partial charge in [0.05, 0.1) is 0 Å². The van der Waals surface area contributed by atoms with Gasteiger partial charge in [-0.05, 0) is 48.8 Å². The van der Waals surface area contributed by atoms with Gasteiger partial charge in [-0.2, -0.15) is 0 Å². The summed E-state index contributed by atoms with van der Waals surface area (Å²) >= 11 is 0. The molecule has 1 saturated carbocycles. The molecule has 0 bridgehead atoms. The molecule has 0 radical (unpaired) electrons. The highest BCUT2D eigenvalue weighted by atomic mass is 14.5. The van der Waals surface area contributed by atoms with Crippen molar-refractivity contribution in [1.82, 2.24) is 0 Å². The van der Waals surface area contributed by atoms with Crippen LogP contribution in [0.2, 0.25) is 0 Å². The van der Waals surface area contributed by atoms with Crippen molar-refractivity contribution in [3.8, 4) is 0 Å². The number of hydrogen-bond acceptors (Lipinski definition) is 1. The van der Waals surface area contributed by atoms with E-state index in [1.807, 2.05) is 0 Å². The Bertz CT molecular complexity index is 348. The quantitative estimate of drug-likeness (QED) is 0.507. The van der Waals surface area contributed by atoms with Crippen molar-refractivity contribution in [2.75, 3.05) is 5.73 Å². The second-order valence-electron chi connectivity index (χ2n) is 6.17. The van der Waals surface area contributed by atoms with Gasteiger partial charge in [0, 0.05) is 5.69 Å². The van der Waals surface area contributed by atoms with E-state index in [1.54, 1.807) is 0 Å². The molecule has 0 aliphatic heterocycles. The lowest BCUT2D eigenvalue weighted by molar-refractivity contribution is 0.397. The molecule has 1 aromatic rings. The van der Waals surface area contributed by atoms with Crippen LogP contribution in [-0.4, -0.2) is 0 Å². The van der Waals surface area contributed by atoms with Gasteiger partial charge in [0.1, 0.15) is 0 Å². The van der Waals surface area contributed by atoms with E-state index < -0.39 is 0 Å². The van der Waals surface area contributed by atoms with Crippen LogP contribution in [0, 0.1) is 5.92 Å². The molecular formula is C18H29N. The third-order valence-corrected chi connectivity index (χ3v) is 4.70. The minimum absolute atomic E-state index is 0.778. The number of nitrogen functional groups attached to an aromatic ring is 1. The Morgan fingerprint density at radius 1 is 1.05 bits per heavy atom. The van der Waals surface area contributed by atoms with Crippen molar-refractivity contribution in [3.05, 3.63) is 29.8 Å². The van der Waals surface area contributed by atoms with Crippen molar-refractivity contribution in [1.29, 1.82) is 0 Å². The largest absolute Gasteiger partial charge is 0.399 e. The molecule has 2 rings (SSSR count). The van der Waals surface area contributed by atoms with Gasteiger partial charge >= 0.3 is 0 Å². The van der Waals surface area contributed by atoms with E-state index in [1.165, 1.54) is 63.4 Å². The lowest BCUT2D eigenvalue weighted by Crippen LogP contribution is -2.10. The summed E-state index contributed by atoms with van der Waals surface area (Å²) in [5.41, 5.74) is 8.23. The van der Waals surface area contributed by atoms with Gasteiger partial charge in [0.25, 0.3) is 0 Å². The first-order chi connectivity index (χ1) is 9.31. The van der Waals surface area contributed by atoms with Crippen LogP contribution < -0.4 is 5.73 Å². The average molecular weight is 259 g/mol. The molecule has 1 unspecified atom stereocenters. The maximum atomic E-state index is 5.82. The zero-order valence-electron chi connectivity index (χ0n) is 12.4. The van der Waals surface area contributed by atoms with Crippen LogP contribution in [0.25, 0.3) is 0 Å². The first-order valence-corrected chi connectivity index (χ1v) is 8.16. The lowest BCUT2D eigenvalue weighted by atomic mass is 9.81. The van der Waals surface area contributed by atoms with Gasteiger partial charge in [-0.1, -0.05) is 57.6 Å². The highest BCUT2D eigenvalue weighted by molar-refractivity contribution is 5.40. The molecule has 19 heavy (non-hydrogen) atoms. The smallest absolute Gasteiger partial charge is 0.0314 e. The van der Waals surface area contributed by atoms with Gasteiger partial charge < -0.3 is 5.73 Å². The van der Waals surface area contributed by atoms with E-state index in [4.69, 9.17) is 5.73 Å². The summed E-state index contributed by atoms with van der Waals surface area (Å²) in [4.78, 5) is 0. The van der Waals surface area contributed by atoms with Crippen LogP contribution in [0.1, 0.15) is 76.2 Å². The van der Waals surface area contributed by atoms with Gasteiger partial charge in [-0.3, -0.25) is 0 Å². The fraction of sp³-hybridized carbons (Fsp3) is 0.667. The zero-order chi connectivity index (χ0) is 13.5. The number of benzene rings is 1. The number of rotatable bonds is 7. The Morgan fingerprint density at radius 3 is 2.37 bits per heavy atom. The molecule has 106 valence electrons. The third-order valence-electron chi connectivity index (χ3n) is 4.70. The zero-order valence-corrected chi connectivity index (χ0v) is 12.4. The van der Waals surface area contributed by atoms with Crippen LogP contribution in [-0.2, 0) is 0 Å². The Kier molecular flexibility index (Phi) is 5.75. The van der Waals surface area contributed by atoms with E-state index >= 15 is 0 Å². The Hall–Kier alpha value is -0.980. The Morgan fingerprint density at radius 2 is 1.74 bits per heavy atom. The Labute approximate surface area is 118 Å². The maximum Gasteiger partial charge on any atom is 0.0314 e. The van der Waals surface area contributed by atoms with Crippen molar-refractivity contribution < 1.29 is 0 Å². The Balaban J connectivity index is 1.98. The maximum absolute atomic E-state index is 5.82. The van der Waals surface area contributed by atoms with Crippen LogP contribution >= 0.6 is 0 Å². The molecule has 1 atom stereocenters. The highest BCUT2D eigenvalue weighted by Gasteiger charge is 2.25. The molecule has 1 heteroatoms. The second-order valence-corrected chi connectivity index (χ2v) is 6.17. The summed E-state index contributed by atoms with van der Waals surface area (Å²) in [7, 11) is 0. The summed E-state index contributed by atoms with van der Waals surface area (Å²) < 4.78 is 0. The third kappa shape index (κ3) is 4.26. The first-order valence-electron chi connectivity index (χ1n) is 8.16. The van der Waals surface area contributed by atoms with E-state index in [0.29, 0.717) is 0 Å². The summed E-state index contributed by atoms with van der Waals surface area (Å²) in [6, 6.07) is 8.67. The second kappa shape index (κ2) is 7.57. The summed E-state index contributed by atoms with van der Waals surface area (Å²) in [5.74, 6) is 1.70.